The molecular formula is C8H10N2O3. The summed E-state index contributed by atoms with van der Waals surface area (Å²) in [7, 11) is 0. The number of rotatable bonds is 3. The fourth-order valence-electron chi connectivity index (χ4n) is 0.837. The molecule has 0 spiro atoms. The van der Waals surface area contributed by atoms with Crippen LogP contribution in [0.3, 0.4) is 0 Å². The number of nitrogens with zero attached hydrogens (tertiary/aromatic N) is 2. The molecule has 1 heterocycles. The van der Waals surface area contributed by atoms with Crippen LogP contribution in [0, 0.1) is 0 Å². The normalized spacial score (nSPS) is 19.8. The minimum atomic E-state index is -0.612. The maximum atomic E-state index is 11.0. The van der Waals surface area contributed by atoms with Crippen LogP contribution >= 0.6 is 0 Å². The predicted octanol–water partition coefficient (Wildman–Crippen LogP) is -0.0100. The minimum Gasteiger partial charge on any atom is -0.460 e. The Balaban J connectivity index is 2.65. The van der Waals surface area contributed by atoms with Gasteiger partial charge in [-0.15, -0.1) is 0 Å². The van der Waals surface area contributed by atoms with Crippen molar-refractivity contribution in [3.63, 3.8) is 0 Å². The molecule has 5 heteroatoms. The molecule has 1 rings (SSSR count). The SMILES string of the molecule is CCOC(=O)C1=NC(C(C)=O)C=N1. The second-order valence-electron chi connectivity index (χ2n) is 2.51. The zero-order valence-corrected chi connectivity index (χ0v) is 7.48. The first-order valence-electron chi connectivity index (χ1n) is 3.94. The van der Waals surface area contributed by atoms with E-state index in [1.165, 1.54) is 13.1 Å². The van der Waals surface area contributed by atoms with E-state index in [4.69, 9.17) is 0 Å². The van der Waals surface area contributed by atoms with Crippen LogP contribution in [0.2, 0.25) is 0 Å². The maximum absolute atomic E-state index is 11.0. The molecule has 0 radical (unpaired) electrons. The van der Waals surface area contributed by atoms with Gasteiger partial charge < -0.3 is 4.74 Å². The molecule has 0 aromatic carbocycles. The van der Waals surface area contributed by atoms with E-state index < -0.39 is 12.0 Å². The summed E-state index contributed by atoms with van der Waals surface area (Å²) in [6.45, 7) is 3.37. The third-order valence-electron chi connectivity index (χ3n) is 1.47. The van der Waals surface area contributed by atoms with Gasteiger partial charge in [-0.3, -0.25) is 4.79 Å². The molecule has 1 unspecified atom stereocenters. The van der Waals surface area contributed by atoms with Crippen molar-refractivity contribution >= 4 is 23.8 Å². The lowest BCUT2D eigenvalue weighted by Gasteiger charge is -1.97. The van der Waals surface area contributed by atoms with Crippen molar-refractivity contribution in [1.29, 1.82) is 0 Å². The first-order chi connectivity index (χ1) is 6.15. The average Bonchev–Trinajstić information content (AvgIpc) is 2.52. The highest BCUT2D eigenvalue weighted by atomic mass is 16.5. The topological polar surface area (TPSA) is 68.1 Å². The van der Waals surface area contributed by atoms with Crippen LogP contribution in [0.5, 0.6) is 0 Å². The van der Waals surface area contributed by atoms with Gasteiger partial charge in [-0.2, -0.15) is 0 Å². The third kappa shape index (κ3) is 2.21. The van der Waals surface area contributed by atoms with Crippen LogP contribution in [-0.2, 0) is 14.3 Å². The van der Waals surface area contributed by atoms with Gasteiger partial charge in [-0.25, -0.2) is 14.8 Å². The molecule has 0 aromatic rings. The molecule has 0 saturated heterocycles. The zero-order valence-electron chi connectivity index (χ0n) is 7.48. The van der Waals surface area contributed by atoms with Crippen LogP contribution < -0.4 is 0 Å². The number of Topliss-reactive ketones (excluding diaryl/α,β-unsaturated/α-hetero) is 1. The zero-order chi connectivity index (χ0) is 9.84. The Hall–Kier alpha value is -1.52. The summed E-state index contributed by atoms with van der Waals surface area (Å²) in [5.74, 6) is -0.743. The van der Waals surface area contributed by atoms with Crippen molar-refractivity contribution in [2.75, 3.05) is 6.61 Å². The van der Waals surface area contributed by atoms with E-state index in [0.29, 0.717) is 0 Å². The average molecular weight is 182 g/mol. The molecule has 0 aromatic heterocycles. The molecule has 1 aliphatic heterocycles. The molecule has 1 atom stereocenters. The molecule has 0 fully saturated rings. The number of hydrogen-bond donors (Lipinski definition) is 0. The Kier molecular flexibility index (Phi) is 2.89. The molecule has 0 saturated carbocycles. The highest BCUT2D eigenvalue weighted by Crippen LogP contribution is 2.01. The van der Waals surface area contributed by atoms with Crippen molar-refractivity contribution < 1.29 is 14.3 Å². The van der Waals surface area contributed by atoms with Crippen LogP contribution in [-0.4, -0.2) is 36.5 Å². The number of amidine groups is 1. The monoisotopic (exact) mass is 182 g/mol. The number of carbonyl (C=O) groups is 2. The summed E-state index contributed by atoms with van der Waals surface area (Å²) in [5, 5.41) is 0. The van der Waals surface area contributed by atoms with E-state index in [1.807, 2.05) is 0 Å². The maximum Gasteiger partial charge on any atom is 0.376 e. The Bertz CT molecular complexity index is 294. The van der Waals surface area contributed by atoms with E-state index in [-0.39, 0.29) is 18.2 Å². The summed E-state index contributed by atoms with van der Waals surface area (Å²) < 4.78 is 4.66. The van der Waals surface area contributed by atoms with Gasteiger partial charge in [0, 0.05) is 6.21 Å². The van der Waals surface area contributed by atoms with E-state index in [0.717, 1.165) is 0 Å². The summed E-state index contributed by atoms with van der Waals surface area (Å²) >= 11 is 0. The number of ketones is 1. The van der Waals surface area contributed by atoms with E-state index in [9.17, 15) is 9.59 Å². The van der Waals surface area contributed by atoms with Gasteiger partial charge in [0.25, 0.3) is 0 Å². The molecular weight excluding hydrogens is 172 g/mol. The molecule has 1 aliphatic rings. The predicted molar refractivity (Wildman–Crippen MR) is 47.0 cm³/mol. The van der Waals surface area contributed by atoms with E-state index in [1.54, 1.807) is 6.92 Å². The largest absolute Gasteiger partial charge is 0.460 e. The van der Waals surface area contributed by atoms with Gasteiger partial charge in [-0.1, -0.05) is 0 Å². The van der Waals surface area contributed by atoms with Gasteiger partial charge in [0.15, 0.2) is 5.78 Å². The first kappa shape index (κ1) is 9.57. The lowest BCUT2D eigenvalue weighted by molar-refractivity contribution is -0.135. The number of esters is 1. The second-order valence-corrected chi connectivity index (χ2v) is 2.51. The fraction of sp³-hybridized carbons (Fsp3) is 0.500. The fourth-order valence-corrected chi connectivity index (χ4v) is 0.837. The standard InChI is InChI=1S/C8H10N2O3/c1-3-13-8(12)7-9-4-6(10-7)5(2)11/h4,6H,3H2,1-2H3. The van der Waals surface area contributed by atoms with Crippen LogP contribution in [0.1, 0.15) is 13.8 Å². The van der Waals surface area contributed by atoms with Crippen LogP contribution in [0.25, 0.3) is 0 Å². The molecule has 13 heavy (non-hydrogen) atoms. The highest BCUT2D eigenvalue weighted by molar-refractivity contribution is 6.39. The Morgan fingerprint density at radius 1 is 1.62 bits per heavy atom. The molecule has 0 bridgehead atoms. The number of ether oxygens (including phenoxy) is 1. The van der Waals surface area contributed by atoms with Crippen molar-refractivity contribution in [2.24, 2.45) is 9.98 Å². The number of aliphatic imine (C=N–C) groups is 2. The van der Waals surface area contributed by atoms with Gasteiger partial charge in [0.05, 0.1) is 6.61 Å². The van der Waals surface area contributed by atoms with E-state index in [2.05, 4.69) is 14.7 Å². The highest BCUT2D eigenvalue weighted by Gasteiger charge is 2.21. The van der Waals surface area contributed by atoms with Crippen LogP contribution in [0.4, 0.5) is 0 Å². The Morgan fingerprint density at radius 2 is 2.31 bits per heavy atom. The van der Waals surface area contributed by atoms with Gasteiger partial charge in [0.1, 0.15) is 6.04 Å². The molecule has 5 nitrogen and oxygen atoms in total. The quantitative estimate of drug-likeness (QED) is 0.576. The lowest BCUT2D eigenvalue weighted by atomic mass is 10.2. The minimum absolute atomic E-state index is 0.0259. The molecule has 0 N–H and O–H groups in total. The molecule has 0 aliphatic carbocycles. The van der Waals surface area contributed by atoms with Crippen molar-refractivity contribution in [3.05, 3.63) is 0 Å². The van der Waals surface area contributed by atoms with Gasteiger partial charge in [-0.05, 0) is 13.8 Å². The van der Waals surface area contributed by atoms with E-state index >= 15 is 0 Å². The van der Waals surface area contributed by atoms with Gasteiger partial charge in [0.2, 0.25) is 5.84 Å². The molecule has 70 valence electrons. The van der Waals surface area contributed by atoms with Crippen LogP contribution in [0.15, 0.2) is 9.98 Å². The second kappa shape index (κ2) is 3.93. The van der Waals surface area contributed by atoms with Crippen molar-refractivity contribution in [2.45, 2.75) is 19.9 Å². The van der Waals surface area contributed by atoms with Crippen molar-refractivity contribution in [1.82, 2.24) is 0 Å². The summed E-state index contributed by atoms with van der Waals surface area (Å²) in [5.41, 5.74) is 0. The Labute approximate surface area is 75.5 Å². The smallest absolute Gasteiger partial charge is 0.376 e. The summed E-state index contributed by atoms with van der Waals surface area (Å²) in [6.07, 6.45) is 1.34. The van der Waals surface area contributed by atoms with Gasteiger partial charge >= 0.3 is 5.97 Å². The Morgan fingerprint density at radius 3 is 2.77 bits per heavy atom. The summed E-state index contributed by atoms with van der Waals surface area (Å²) in [6, 6.07) is -0.612. The first-order valence-corrected chi connectivity index (χ1v) is 3.94. The lowest BCUT2D eigenvalue weighted by Crippen LogP contribution is -2.16. The number of carbonyl (C=O) groups excluding carboxylic acids is 2. The number of hydrogen-bond acceptors (Lipinski definition) is 5. The van der Waals surface area contributed by atoms with Crippen molar-refractivity contribution in [3.8, 4) is 0 Å². The third-order valence-corrected chi connectivity index (χ3v) is 1.47. The molecule has 0 amide bonds. The summed E-state index contributed by atoms with van der Waals surface area (Å²) in [4.78, 5) is 29.3.